The highest BCUT2D eigenvalue weighted by molar-refractivity contribution is 7.99. The van der Waals surface area contributed by atoms with Gasteiger partial charge in [-0.3, -0.25) is 0 Å². The van der Waals surface area contributed by atoms with Crippen molar-refractivity contribution in [1.82, 2.24) is 20.1 Å². The van der Waals surface area contributed by atoms with E-state index in [1.807, 2.05) is 50.2 Å². The lowest BCUT2D eigenvalue weighted by molar-refractivity contribution is 0.364. The molecule has 0 saturated carbocycles. The Labute approximate surface area is 152 Å². The molecule has 0 bridgehead atoms. The molecule has 130 valence electrons. The van der Waals surface area contributed by atoms with Gasteiger partial charge in [-0.25, -0.2) is 9.97 Å². The first-order valence-electron chi connectivity index (χ1n) is 8.25. The van der Waals surface area contributed by atoms with Gasteiger partial charge in [0.1, 0.15) is 0 Å². The van der Waals surface area contributed by atoms with Crippen LogP contribution in [0.2, 0.25) is 0 Å². The number of benzene rings is 1. The summed E-state index contributed by atoms with van der Waals surface area (Å²) in [5.41, 5.74) is 2.80. The maximum atomic E-state index is 5.43. The number of hydrogen-bond acceptors (Lipinski definition) is 6. The summed E-state index contributed by atoms with van der Waals surface area (Å²) in [5, 5.41) is 4.78. The van der Waals surface area contributed by atoms with Gasteiger partial charge in [0.2, 0.25) is 5.89 Å². The van der Waals surface area contributed by atoms with Gasteiger partial charge in [0.25, 0.3) is 0 Å². The molecule has 1 atom stereocenters. The van der Waals surface area contributed by atoms with E-state index in [9.17, 15) is 0 Å². The second-order valence-corrected chi connectivity index (χ2v) is 8.32. The van der Waals surface area contributed by atoms with Gasteiger partial charge in [-0.2, -0.15) is 4.98 Å². The summed E-state index contributed by atoms with van der Waals surface area (Å²) in [4.78, 5) is 13.8. The molecule has 0 fully saturated rings. The molecule has 3 rings (SSSR count). The van der Waals surface area contributed by atoms with Gasteiger partial charge in [-0.1, -0.05) is 68.0 Å². The van der Waals surface area contributed by atoms with E-state index in [2.05, 4.69) is 40.9 Å². The summed E-state index contributed by atoms with van der Waals surface area (Å²) in [6.45, 7) is 10.2. The maximum Gasteiger partial charge on any atom is 0.239 e. The number of thioether (sulfide) groups is 1. The van der Waals surface area contributed by atoms with Crippen LogP contribution in [0, 0.1) is 6.92 Å². The van der Waals surface area contributed by atoms with Crippen LogP contribution in [0.5, 0.6) is 0 Å². The Morgan fingerprint density at radius 1 is 1.04 bits per heavy atom. The standard InChI is InChI=1S/C19H22N4OS/c1-12-11-15(14-9-7-6-8-10-14)21-18(20-12)25-13(2)16-22-17(23-24-16)19(3,4)5/h6-11,13H,1-5H3. The van der Waals surface area contributed by atoms with E-state index >= 15 is 0 Å². The zero-order valence-corrected chi connectivity index (χ0v) is 16.0. The number of nitrogens with zero attached hydrogens (tertiary/aromatic N) is 4. The molecule has 0 aliphatic rings. The average Bonchev–Trinajstić information content (AvgIpc) is 3.05. The van der Waals surface area contributed by atoms with Gasteiger partial charge in [0, 0.05) is 16.7 Å². The smallest absolute Gasteiger partial charge is 0.239 e. The fourth-order valence-electron chi connectivity index (χ4n) is 2.26. The van der Waals surface area contributed by atoms with Crippen molar-refractivity contribution in [2.75, 3.05) is 0 Å². The molecular weight excluding hydrogens is 332 g/mol. The lowest BCUT2D eigenvalue weighted by atomic mass is 9.96. The number of aromatic nitrogens is 4. The molecule has 2 heterocycles. The summed E-state index contributed by atoms with van der Waals surface area (Å²) in [6.07, 6.45) is 0. The highest BCUT2D eigenvalue weighted by Crippen LogP contribution is 2.34. The molecule has 0 aliphatic heterocycles. The van der Waals surface area contributed by atoms with Crippen molar-refractivity contribution in [3.63, 3.8) is 0 Å². The van der Waals surface area contributed by atoms with E-state index in [-0.39, 0.29) is 10.7 Å². The predicted octanol–water partition coefficient (Wildman–Crippen LogP) is 4.99. The molecule has 0 saturated heterocycles. The lowest BCUT2D eigenvalue weighted by Gasteiger charge is -2.11. The second-order valence-electron chi connectivity index (χ2n) is 7.01. The van der Waals surface area contributed by atoms with Crippen molar-refractivity contribution in [3.8, 4) is 11.3 Å². The molecule has 0 amide bonds. The minimum atomic E-state index is -0.132. The molecule has 3 aromatic rings. The third-order valence-electron chi connectivity index (χ3n) is 3.65. The van der Waals surface area contributed by atoms with Gasteiger partial charge in [0.05, 0.1) is 10.9 Å². The van der Waals surface area contributed by atoms with E-state index in [1.165, 1.54) is 11.8 Å². The zero-order chi connectivity index (χ0) is 18.0. The van der Waals surface area contributed by atoms with Crippen molar-refractivity contribution < 1.29 is 4.52 Å². The minimum absolute atomic E-state index is 0.0194. The van der Waals surface area contributed by atoms with Crippen LogP contribution in [-0.2, 0) is 5.41 Å². The summed E-state index contributed by atoms with van der Waals surface area (Å²) >= 11 is 1.53. The second kappa shape index (κ2) is 6.96. The molecule has 5 nitrogen and oxygen atoms in total. The predicted molar refractivity (Wildman–Crippen MR) is 99.5 cm³/mol. The van der Waals surface area contributed by atoms with Gasteiger partial charge in [-0.15, -0.1) is 0 Å². The Balaban J connectivity index is 1.83. The normalized spacial score (nSPS) is 13.0. The highest BCUT2D eigenvalue weighted by atomic mass is 32.2. The molecule has 0 radical (unpaired) electrons. The van der Waals surface area contributed by atoms with Crippen LogP contribution in [0.1, 0.15) is 50.4 Å². The topological polar surface area (TPSA) is 64.7 Å². The average molecular weight is 354 g/mol. The molecule has 25 heavy (non-hydrogen) atoms. The molecule has 0 N–H and O–H groups in total. The van der Waals surface area contributed by atoms with Gasteiger partial charge in [0.15, 0.2) is 11.0 Å². The van der Waals surface area contributed by atoms with Crippen LogP contribution >= 0.6 is 11.8 Å². The molecular formula is C19H22N4OS. The van der Waals surface area contributed by atoms with Crippen LogP contribution in [-0.4, -0.2) is 20.1 Å². The van der Waals surface area contributed by atoms with E-state index in [0.717, 1.165) is 17.0 Å². The summed E-state index contributed by atoms with van der Waals surface area (Å²) in [6, 6.07) is 12.1. The first kappa shape index (κ1) is 17.6. The van der Waals surface area contributed by atoms with Gasteiger partial charge >= 0.3 is 0 Å². The molecule has 2 aromatic heterocycles. The summed E-state index contributed by atoms with van der Waals surface area (Å²) < 4.78 is 5.43. The van der Waals surface area contributed by atoms with E-state index in [4.69, 9.17) is 4.52 Å². The summed E-state index contributed by atoms with van der Waals surface area (Å²) in [7, 11) is 0. The van der Waals surface area contributed by atoms with Crippen molar-refractivity contribution >= 4 is 11.8 Å². The first-order chi connectivity index (χ1) is 11.8. The van der Waals surface area contributed by atoms with Crippen LogP contribution in [0.25, 0.3) is 11.3 Å². The van der Waals surface area contributed by atoms with Crippen molar-refractivity contribution in [1.29, 1.82) is 0 Å². The Bertz CT molecular complexity index is 855. The quantitative estimate of drug-likeness (QED) is 0.486. The van der Waals surface area contributed by atoms with Crippen LogP contribution in [0.15, 0.2) is 46.1 Å². The number of hydrogen-bond donors (Lipinski definition) is 0. The third kappa shape index (κ3) is 4.25. The van der Waals surface area contributed by atoms with Crippen molar-refractivity contribution in [3.05, 3.63) is 53.8 Å². The third-order valence-corrected chi connectivity index (χ3v) is 4.59. The Kier molecular flexibility index (Phi) is 4.90. The Hall–Kier alpha value is -2.21. The molecule has 1 unspecified atom stereocenters. The van der Waals surface area contributed by atoms with E-state index in [1.54, 1.807) is 0 Å². The van der Waals surface area contributed by atoms with Crippen LogP contribution in [0.3, 0.4) is 0 Å². The Morgan fingerprint density at radius 3 is 2.40 bits per heavy atom. The largest absolute Gasteiger partial charge is 0.338 e. The van der Waals surface area contributed by atoms with Crippen molar-refractivity contribution in [2.24, 2.45) is 0 Å². The van der Waals surface area contributed by atoms with Crippen LogP contribution < -0.4 is 0 Å². The maximum absolute atomic E-state index is 5.43. The molecule has 1 aromatic carbocycles. The van der Waals surface area contributed by atoms with E-state index < -0.39 is 0 Å². The molecule has 0 spiro atoms. The first-order valence-corrected chi connectivity index (χ1v) is 9.13. The zero-order valence-electron chi connectivity index (χ0n) is 15.1. The lowest BCUT2D eigenvalue weighted by Crippen LogP contribution is -2.13. The number of rotatable bonds is 4. The van der Waals surface area contributed by atoms with Crippen molar-refractivity contribution in [2.45, 2.75) is 50.4 Å². The van der Waals surface area contributed by atoms with Gasteiger partial charge < -0.3 is 4.52 Å². The van der Waals surface area contributed by atoms with E-state index in [0.29, 0.717) is 16.9 Å². The SMILES string of the molecule is Cc1cc(-c2ccccc2)nc(SC(C)c2nc(C(C)(C)C)no2)n1. The number of aryl methyl sites for hydroxylation is 1. The Morgan fingerprint density at radius 2 is 1.76 bits per heavy atom. The molecule has 0 aliphatic carbocycles. The monoisotopic (exact) mass is 354 g/mol. The minimum Gasteiger partial charge on any atom is -0.338 e. The van der Waals surface area contributed by atoms with Gasteiger partial charge in [-0.05, 0) is 19.9 Å². The van der Waals surface area contributed by atoms with Crippen LogP contribution in [0.4, 0.5) is 0 Å². The summed E-state index contributed by atoms with van der Waals surface area (Å²) in [5.74, 6) is 1.31. The molecule has 6 heteroatoms. The highest BCUT2D eigenvalue weighted by Gasteiger charge is 2.24. The fraction of sp³-hybridized carbons (Fsp3) is 0.368. The fourth-order valence-corrected chi connectivity index (χ4v) is 3.12.